The Bertz CT molecular complexity index is 776. The fourth-order valence-electron chi connectivity index (χ4n) is 2.02. The molecule has 1 aromatic heterocycles. The number of amides is 2. The van der Waals surface area contributed by atoms with Gasteiger partial charge in [0.2, 0.25) is 17.7 Å². The summed E-state index contributed by atoms with van der Waals surface area (Å²) in [6.07, 6.45) is 0. The standard InChI is InChI=1S/C16H17N3O5/c1-22-12-6-4-9(14(17)20)8-10(12)15(21)18-11-5-7-13(23-2)19-16(11)24-3/h4-8H,1-3H3,(H2,17,20)(H,18,21). The summed E-state index contributed by atoms with van der Waals surface area (Å²) in [4.78, 5) is 27.9. The van der Waals surface area contributed by atoms with Crippen molar-refractivity contribution in [3.05, 3.63) is 41.5 Å². The number of benzene rings is 1. The third-order valence-electron chi connectivity index (χ3n) is 3.21. The zero-order valence-corrected chi connectivity index (χ0v) is 13.5. The molecule has 0 saturated carbocycles. The second-order valence-corrected chi connectivity index (χ2v) is 4.64. The topological polar surface area (TPSA) is 113 Å². The predicted molar refractivity (Wildman–Crippen MR) is 86.8 cm³/mol. The number of nitrogens with zero attached hydrogens (tertiary/aromatic N) is 1. The molecule has 0 saturated heterocycles. The minimum Gasteiger partial charge on any atom is -0.496 e. The highest BCUT2D eigenvalue weighted by Crippen LogP contribution is 2.27. The first-order valence-electron chi connectivity index (χ1n) is 6.88. The van der Waals surface area contributed by atoms with Crippen molar-refractivity contribution in [3.8, 4) is 17.5 Å². The first-order chi connectivity index (χ1) is 11.5. The van der Waals surface area contributed by atoms with Crippen molar-refractivity contribution in [1.29, 1.82) is 0 Å². The van der Waals surface area contributed by atoms with E-state index in [1.807, 2.05) is 0 Å². The van der Waals surface area contributed by atoms with Crippen LogP contribution in [-0.4, -0.2) is 38.1 Å². The number of hydrogen-bond donors (Lipinski definition) is 2. The molecule has 0 atom stereocenters. The number of ether oxygens (including phenoxy) is 3. The van der Waals surface area contributed by atoms with Gasteiger partial charge in [-0.3, -0.25) is 9.59 Å². The number of hydrogen-bond acceptors (Lipinski definition) is 6. The maximum absolute atomic E-state index is 12.5. The zero-order valence-electron chi connectivity index (χ0n) is 13.5. The molecule has 2 aromatic rings. The van der Waals surface area contributed by atoms with Gasteiger partial charge >= 0.3 is 0 Å². The largest absolute Gasteiger partial charge is 0.496 e. The number of nitrogens with two attached hydrogens (primary N) is 1. The lowest BCUT2D eigenvalue weighted by Gasteiger charge is -2.12. The molecule has 2 rings (SSSR count). The number of rotatable bonds is 6. The summed E-state index contributed by atoms with van der Waals surface area (Å²) in [5.41, 5.74) is 5.95. The zero-order chi connectivity index (χ0) is 17.7. The van der Waals surface area contributed by atoms with Gasteiger partial charge in [0.1, 0.15) is 11.4 Å². The van der Waals surface area contributed by atoms with Gasteiger partial charge < -0.3 is 25.3 Å². The average molecular weight is 331 g/mol. The van der Waals surface area contributed by atoms with Gasteiger partial charge in [0, 0.05) is 11.6 Å². The van der Waals surface area contributed by atoms with E-state index < -0.39 is 11.8 Å². The summed E-state index contributed by atoms with van der Waals surface area (Å²) in [6.45, 7) is 0. The molecule has 0 aliphatic heterocycles. The highest BCUT2D eigenvalue weighted by Gasteiger charge is 2.17. The van der Waals surface area contributed by atoms with Crippen molar-refractivity contribution in [2.24, 2.45) is 5.73 Å². The van der Waals surface area contributed by atoms with E-state index in [0.29, 0.717) is 17.3 Å². The summed E-state index contributed by atoms with van der Waals surface area (Å²) in [5.74, 6) is -0.306. The highest BCUT2D eigenvalue weighted by molar-refractivity contribution is 6.08. The van der Waals surface area contributed by atoms with Gasteiger partial charge in [-0.2, -0.15) is 4.98 Å². The van der Waals surface area contributed by atoms with Crippen LogP contribution in [0.4, 0.5) is 5.69 Å². The molecule has 8 nitrogen and oxygen atoms in total. The maximum atomic E-state index is 12.5. The number of pyridine rings is 1. The van der Waals surface area contributed by atoms with Crippen LogP contribution in [0.25, 0.3) is 0 Å². The van der Waals surface area contributed by atoms with Crippen LogP contribution in [0.15, 0.2) is 30.3 Å². The minimum atomic E-state index is -0.643. The van der Waals surface area contributed by atoms with Crippen LogP contribution in [0, 0.1) is 0 Å². The van der Waals surface area contributed by atoms with Gasteiger partial charge in [-0.05, 0) is 24.3 Å². The van der Waals surface area contributed by atoms with Gasteiger partial charge in [0.05, 0.1) is 26.9 Å². The van der Waals surface area contributed by atoms with Gasteiger partial charge in [0.25, 0.3) is 5.91 Å². The maximum Gasteiger partial charge on any atom is 0.259 e. The molecule has 2 amide bonds. The van der Waals surface area contributed by atoms with E-state index in [1.54, 1.807) is 12.1 Å². The fourth-order valence-corrected chi connectivity index (χ4v) is 2.02. The van der Waals surface area contributed by atoms with Crippen LogP contribution in [0.5, 0.6) is 17.5 Å². The van der Waals surface area contributed by atoms with E-state index in [1.165, 1.54) is 39.5 Å². The molecule has 24 heavy (non-hydrogen) atoms. The molecule has 1 aromatic carbocycles. The smallest absolute Gasteiger partial charge is 0.259 e. The molecular weight excluding hydrogens is 314 g/mol. The first-order valence-corrected chi connectivity index (χ1v) is 6.88. The number of nitrogens with one attached hydrogen (secondary N) is 1. The lowest BCUT2D eigenvalue weighted by Crippen LogP contribution is -2.17. The van der Waals surface area contributed by atoms with Gasteiger partial charge in [-0.25, -0.2) is 0 Å². The molecule has 0 unspecified atom stereocenters. The van der Waals surface area contributed by atoms with Crippen molar-refractivity contribution >= 4 is 17.5 Å². The van der Waals surface area contributed by atoms with E-state index in [2.05, 4.69) is 10.3 Å². The molecule has 8 heteroatoms. The number of carbonyl (C=O) groups is 2. The Kier molecular flexibility index (Phi) is 5.20. The van der Waals surface area contributed by atoms with Crippen molar-refractivity contribution in [1.82, 2.24) is 4.98 Å². The quantitative estimate of drug-likeness (QED) is 0.828. The summed E-state index contributed by atoms with van der Waals surface area (Å²) >= 11 is 0. The van der Waals surface area contributed by atoms with Crippen molar-refractivity contribution < 1.29 is 23.8 Å². The number of aromatic nitrogens is 1. The minimum absolute atomic E-state index is 0.159. The Morgan fingerprint density at radius 1 is 1.04 bits per heavy atom. The average Bonchev–Trinajstić information content (AvgIpc) is 2.61. The molecule has 0 bridgehead atoms. The molecule has 0 radical (unpaired) electrons. The SMILES string of the molecule is COc1ccc(NC(=O)c2cc(C(N)=O)ccc2OC)c(OC)n1. The lowest BCUT2D eigenvalue weighted by molar-refractivity contribution is 0.1000. The van der Waals surface area contributed by atoms with Crippen LogP contribution in [0.1, 0.15) is 20.7 Å². The summed E-state index contributed by atoms with van der Waals surface area (Å²) < 4.78 is 15.3. The Balaban J connectivity index is 2.36. The third kappa shape index (κ3) is 3.54. The van der Waals surface area contributed by atoms with Crippen LogP contribution >= 0.6 is 0 Å². The Morgan fingerprint density at radius 3 is 2.38 bits per heavy atom. The first kappa shape index (κ1) is 17.1. The molecular formula is C16H17N3O5. The van der Waals surface area contributed by atoms with Crippen LogP contribution in [-0.2, 0) is 0 Å². The second kappa shape index (κ2) is 7.32. The second-order valence-electron chi connectivity index (χ2n) is 4.64. The van der Waals surface area contributed by atoms with E-state index in [-0.39, 0.29) is 17.0 Å². The summed E-state index contributed by atoms with van der Waals surface area (Å²) in [7, 11) is 4.32. The predicted octanol–water partition coefficient (Wildman–Crippen LogP) is 1.46. The Hall–Kier alpha value is -3.29. The van der Waals surface area contributed by atoms with Crippen molar-refractivity contribution in [3.63, 3.8) is 0 Å². The van der Waals surface area contributed by atoms with Crippen molar-refractivity contribution in [2.75, 3.05) is 26.6 Å². The molecule has 126 valence electrons. The Morgan fingerprint density at radius 2 is 1.79 bits per heavy atom. The fraction of sp³-hybridized carbons (Fsp3) is 0.188. The normalized spacial score (nSPS) is 9.96. The summed E-state index contributed by atoms with van der Waals surface area (Å²) in [6, 6.07) is 7.51. The number of primary amides is 1. The van der Waals surface area contributed by atoms with Crippen molar-refractivity contribution in [2.45, 2.75) is 0 Å². The Labute approximate surface area is 138 Å². The molecule has 0 aliphatic carbocycles. The summed E-state index contributed by atoms with van der Waals surface area (Å²) in [5, 5.41) is 2.66. The number of anilines is 1. The highest BCUT2D eigenvalue weighted by atomic mass is 16.5. The van der Waals surface area contributed by atoms with Crippen LogP contribution < -0.4 is 25.3 Å². The van der Waals surface area contributed by atoms with Gasteiger partial charge in [-0.1, -0.05) is 0 Å². The van der Waals surface area contributed by atoms with Crippen LogP contribution in [0.2, 0.25) is 0 Å². The van der Waals surface area contributed by atoms with Crippen LogP contribution in [0.3, 0.4) is 0 Å². The molecule has 0 fully saturated rings. The van der Waals surface area contributed by atoms with Gasteiger partial charge in [-0.15, -0.1) is 0 Å². The molecule has 0 aliphatic rings. The van der Waals surface area contributed by atoms with E-state index >= 15 is 0 Å². The molecule has 1 heterocycles. The monoisotopic (exact) mass is 331 g/mol. The number of carbonyl (C=O) groups excluding carboxylic acids is 2. The lowest BCUT2D eigenvalue weighted by atomic mass is 10.1. The molecule has 3 N–H and O–H groups in total. The van der Waals surface area contributed by atoms with E-state index in [4.69, 9.17) is 19.9 Å². The third-order valence-corrected chi connectivity index (χ3v) is 3.21. The number of methoxy groups -OCH3 is 3. The van der Waals surface area contributed by atoms with Gasteiger partial charge in [0.15, 0.2) is 0 Å². The molecule has 0 spiro atoms. The van der Waals surface area contributed by atoms with E-state index in [0.717, 1.165) is 0 Å². The van der Waals surface area contributed by atoms with E-state index in [9.17, 15) is 9.59 Å².